The van der Waals surface area contributed by atoms with Crippen molar-refractivity contribution in [2.45, 2.75) is 31.9 Å². The Morgan fingerprint density at radius 1 is 1.33 bits per heavy atom. The zero-order valence-corrected chi connectivity index (χ0v) is 14.3. The third kappa shape index (κ3) is 3.98. The number of carbonyl (C=O) groups excluding carboxylic acids is 1. The Hall–Kier alpha value is -1.07. The number of rotatable bonds is 4. The molecule has 0 aliphatic carbocycles. The van der Waals surface area contributed by atoms with Crippen LogP contribution in [0.25, 0.3) is 0 Å². The summed E-state index contributed by atoms with van der Waals surface area (Å²) in [7, 11) is 0. The van der Waals surface area contributed by atoms with Crippen LogP contribution in [-0.2, 0) is 4.79 Å². The Morgan fingerprint density at radius 3 is 2.62 bits per heavy atom. The largest absolute Gasteiger partial charge is 0.358 e. The Labute approximate surface area is 136 Å². The summed E-state index contributed by atoms with van der Waals surface area (Å²) in [4.78, 5) is 16.7. The highest BCUT2D eigenvalue weighted by molar-refractivity contribution is 8.23. The first-order chi connectivity index (χ1) is 10.2. The number of anilines is 1. The Balaban J connectivity index is 2.05. The molecular formula is C16H22N2OS2. The van der Waals surface area contributed by atoms with E-state index >= 15 is 0 Å². The summed E-state index contributed by atoms with van der Waals surface area (Å²) >= 11 is 7.03. The number of benzene rings is 1. The molecule has 5 heteroatoms. The van der Waals surface area contributed by atoms with E-state index in [0.29, 0.717) is 0 Å². The standard InChI is InChI=1S/C16H22N2OS2/c1-3-17(4-2)16(20)21-14-11-8-12-18(15(14)19)13-9-6-5-7-10-13/h5-7,9-10,14H,3-4,8,11-12H2,1-2H3. The van der Waals surface area contributed by atoms with Gasteiger partial charge in [0.05, 0.1) is 5.25 Å². The summed E-state index contributed by atoms with van der Waals surface area (Å²) in [6.07, 6.45) is 1.94. The minimum atomic E-state index is -0.0490. The van der Waals surface area contributed by atoms with Crippen LogP contribution in [0.4, 0.5) is 5.69 Å². The predicted molar refractivity (Wildman–Crippen MR) is 94.9 cm³/mol. The molecule has 1 aromatic carbocycles. The van der Waals surface area contributed by atoms with E-state index < -0.39 is 0 Å². The van der Waals surface area contributed by atoms with Crippen molar-refractivity contribution in [1.82, 2.24) is 4.90 Å². The molecule has 0 spiro atoms. The molecule has 1 atom stereocenters. The van der Waals surface area contributed by atoms with Crippen LogP contribution in [0, 0.1) is 0 Å². The number of carbonyl (C=O) groups is 1. The molecule has 0 radical (unpaired) electrons. The summed E-state index contributed by atoms with van der Waals surface area (Å²) < 4.78 is 0.841. The molecule has 0 aromatic heterocycles. The summed E-state index contributed by atoms with van der Waals surface area (Å²) in [5.41, 5.74) is 0.988. The molecule has 21 heavy (non-hydrogen) atoms. The van der Waals surface area contributed by atoms with Gasteiger partial charge in [0.25, 0.3) is 0 Å². The molecule has 1 aliphatic rings. The van der Waals surface area contributed by atoms with E-state index in [1.54, 1.807) is 11.8 Å². The number of thioether (sulfide) groups is 1. The van der Waals surface area contributed by atoms with Gasteiger partial charge in [-0.05, 0) is 38.8 Å². The normalized spacial score (nSPS) is 18.7. The van der Waals surface area contributed by atoms with Crippen molar-refractivity contribution in [3.63, 3.8) is 0 Å². The SMILES string of the molecule is CCN(CC)C(=S)SC1CCCN(c2ccccc2)C1=O. The molecule has 114 valence electrons. The first-order valence-corrected chi connectivity index (χ1v) is 8.78. The third-order valence-electron chi connectivity index (χ3n) is 3.72. The van der Waals surface area contributed by atoms with Crippen molar-refractivity contribution in [1.29, 1.82) is 0 Å². The van der Waals surface area contributed by atoms with Crippen molar-refractivity contribution >= 4 is 39.9 Å². The van der Waals surface area contributed by atoms with Gasteiger partial charge in [0, 0.05) is 25.3 Å². The molecule has 0 bridgehead atoms. The Kier molecular flexibility index (Phi) is 6.06. The predicted octanol–water partition coefficient (Wildman–Crippen LogP) is 3.54. The van der Waals surface area contributed by atoms with Crippen LogP contribution >= 0.6 is 24.0 Å². The zero-order valence-electron chi connectivity index (χ0n) is 12.6. The van der Waals surface area contributed by atoms with E-state index in [4.69, 9.17) is 12.2 Å². The molecular weight excluding hydrogens is 300 g/mol. The van der Waals surface area contributed by atoms with Gasteiger partial charge in [-0.2, -0.15) is 0 Å². The molecule has 1 heterocycles. The van der Waals surface area contributed by atoms with Crippen molar-refractivity contribution in [3.05, 3.63) is 30.3 Å². The van der Waals surface area contributed by atoms with Crippen LogP contribution in [0.1, 0.15) is 26.7 Å². The van der Waals surface area contributed by atoms with Gasteiger partial charge < -0.3 is 9.80 Å². The Morgan fingerprint density at radius 2 is 2.00 bits per heavy atom. The fourth-order valence-corrected chi connectivity index (χ4v) is 4.26. The van der Waals surface area contributed by atoms with Crippen molar-refractivity contribution in [2.75, 3.05) is 24.5 Å². The van der Waals surface area contributed by atoms with Gasteiger partial charge in [-0.25, -0.2) is 0 Å². The number of para-hydroxylation sites is 1. The average molecular weight is 322 g/mol. The maximum Gasteiger partial charge on any atom is 0.240 e. The summed E-state index contributed by atoms with van der Waals surface area (Å²) in [6, 6.07) is 9.90. The fraction of sp³-hybridized carbons (Fsp3) is 0.500. The van der Waals surface area contributed by atoms with Gasteiger partial charge in [0.15, 0.2) is 0 Å². The van der Waals surface area contributed by atoms with Crippen LogP contribution in [0.5, 0.6) is 0 Å². The highest BCUT2D eigenvalue weighted by Crippen LogP contribution is 2.29. The van der Waals surface area contributed by atoms with Crippen LogP contribution in [-0.4, -0.2) is 40.0 Å². The molecule has 1 unspecified atom stereocenters. The van der Waals surface area contributed by atoms with Gasteiger partial charge in [0.1, 0.15) is 4.32 Å². The number of thiocarbonyl (C=S) groups is 1. The molecule has 1 aliphatic heterocycles. The van der Waals surface area contributed by atoms with Gasteiger partial charge in [-0.3, -0.25) is 4.79 Å². The van der Waals surface area contributed by atoms with E-state index in [2.05, 4.69) is 18.7 Å². The first-order valence-electron chi connectivity index (χ1n) is 7.49. The number of piperidine rings is 1. The smallest absolute Gasteiger partial charge is 0.240 e. The maximum absolute atomic E-state index is 12.7. The van der Waals surface area contributed by atoms with E-state index in [1.165, 1.54) is 0 Å². The molecule has 2 rings (SSSR count). The molecule has 1 amide bonds. The molecule has 1 aromatic rings. The van der Waals surface area contributed by atoms with Gasteiger partial charge >= 0.3 is 0 Å². The molecule has 0 N–H and O–H groups in total. The van der Waals surface area contributed by atoms with E-state index in [0.717, 1.165) is 42.5 Å². The minimum Gasteiger partial charge on any atom is -0.358 e. The number of hydrogen-bond donors (Lipinski definition) is 0. The molecule has 1 saturated heterocycles. The lowest BCUT2D eigenvalue weighted by atomic mass is 10.1. The lowest BCUT2D eigenvalue weighted by Gasteiger charge is -2.33. The zero-order chi connectivity index (χ0) is 15.2. The lowest BCUT2D eigenvalue weighted by molar-refractivity contribution is -0.119. The van der Waals surface area contributed by atoms with E-state index in [1.807, 2.05) is 35.2 Å². The third-order valence-corrected chi connectivity index (χ3v) is 5.45. The van der Waals surface area contributed by atoms with Crippen LogP contribution in [0.15, 0.2) is 30.3 Å². The molecule has 0 saturated carbocycles. The minimum absolute atomic E-state index is 0.0490. The maximum atomic E-state index is 12.7. The van der Waals surface area contributed by atoms with Crippen LogP contribution < -0.4 is 4.90 Å². The van der Waals surface area contributed by atoms with Crippen molar-refractivity contribution < 1.29 is 4.79 Å². The van der Waals surface area contributed by atoms with E-state index in [9.17, 15) is 4.79 Å². The lowest BCUT2D eigenvalue weighted by Crippen LogP contribution is -2.44. The van der Waals surface area contributed by atoms with Gasteiger partial charge in [-0.1, -0.05) is 42.2 Å². The van der Waals surface area contributed by atoms with Crippen LogP contribution in [0.3, 0.4) is 0 Å². The highest BCUT2D eigenvalue weighted by atomic mass is 32.2. The summed E-state index contributed by atoms with van der Waals surface area (Å²) in [5, 5.41) is -0.0490. The van der Waals surface area contributed by atoms with E-state index in [-0.39, 0.29) is 11.2 Å². The van der Waals surface area contributed by atoms with Crippen molar-refractivity contribution in [2.24, 2.45) is 0 Å². The first kappa shape index (κ1) is 16.3. The summed E-state index contributed by atoms with van der Waals surface area (Å²) in [5.74, 6) is 0.187. The summed E-state index contributed by atoms with van der Waals surface area (Å²) in [6.45, 7) is 6.78. The van der Waals surface area contributed by atoms with Gasteiger partial charge in [0.2, 0.25) is 5.91 Å². The van der Waals surface area contributed by atoms with Crippen LogP contribution in [0.2, 0.25) is 0 Å². The average Bonchev–Trinajstić information content (AvgIpc) is 2.51. The second kappa shape index (κ2) is 7.80. The quantitative estimate of drug-likeness (QED) is 0.791. The number of hydrogen-bond acceptors (Lipinski definition) is 3. The monoisotopic (exact) mass is 322 g/mol. The number of amides is 1. The second-order valence-electron chi connectivity index (χ2n) is 5.01. The van der Waals surface area contributed by atoms with Gasteiger partial charge in [-0.15, -0.1) is 0 Å². The second-order valence-corrected chi connectivity index (χ2v) is 6.85. The molecule has 3 nitrogen and oxygen atoms in total. The highest BCUT2D eigenvalue weighted by Gasteiger charge is 2.31. The van der Waals surface area contributed by atoms with Crippen molar-refractivity contribution in [3.8, 4) is 0 Å². The fourth-order valence-electron chi connectivity index (χ4n) is 2.49. The molecule has 1 fully saturated rings. The topological polar surface area (TPSA) is 23.6 Å². The number of nitrogens with zero attached hydrogens (tertiary/aromatic N) is 2. The Bertz CT molecular complexity index is 488.